The van der Waals surface area contributed by atoms with Gasteiger partial charge in [-0.1, -0.05) is 23.2 Å². The van der Waals surface area contributed by atoms with Crippen molar-refractivity contribution < 1.29 is 13.5 Å². The summed E-state index contributed by atoms with van der Waals surface area (Å²) in [6, 6.07) is 4.05. The Bertz CT molecular complexity index is 557. The molecular weight excluding hydrogens is 309 g/mol. The molecule has 7 heteroatoms. The lowest BCUT2D eigenvalue weighted by molar-refractivity contribution is 0.00639. The quantitative estimate of drug-likeness (QED) is 0.894. The van der Waals surface area contributed by atoms with E-state index in [-0.39, 0.29) is 14.9 Å². The maximum absolute atomic E-state index is 12.3. The van der Waals surface area contributed by atoms with Crippen molar-refractivity contribution in [2.24, 2.45) is 0 Å². The summed E-state index contributed by atoms with van der Waals surface area (Å²) in [7, 11) is -3.83. The van der Waals surface area contributed by atoms with Gasteiger partial charge in [-0.05, 0) is 45.9 Å². The molecule has 0 aliphatic rings. The van der Waals surface area contributed by atoms with Crippen LogP contribution in [0.15, 0.2) is 23.1 Å². The third-order valence-electron chi connectivity index (χ3n) is 3.07. The first kappa shape index (κ1) is 16.7. The topological polar surface area (TPSA) is 66.4 Å². The summed E-state index contributed by atoms with van der Waals surface area (Å²) in [5, 5.41) is 10.4. The van der Waals surface area contributed by atoms with Gasteiger partial charge in [0, 0.05) is 10.0 Å². The fraction of sp³-hybridized carbons (Fsp3) is 0.500. The number of aliphatic hydroxyl groups is 1. The molecule has 0 saturated carbocycles. The molecule has 4 nitrogen and oxygen atoms in total. The Morgan fingerprint density at radius 1 is 1.05 bits per heavy atom. The zero-order valence-electron chi connectivity index (χ0n) is 11.2. The number of nitrogens with one attached hydrogen (secondary N) is 1. The van der Waals surface area contributed by atoms with Crippen molar-refractivity contribution in [1.82, 2.24) is 4.72 Å². The van der Waals surface area contributed by atoms with Crippen LogP contribution in [0.4, 0.5) is 0 Å². The number of hydrogen-bond acceptors (Lipinski definition) is 3. The smallest absolute Gasteiger partial charge is 0.241 e. The van der Waals surface area contributed by atoms with Gasteiger partial charge in [0.1, 0.15) is 0 Å². The Morgan fingerprint density at radius 2 is 1.47 bits per heavy atom. The van der Waals surface area contributed by atoms with Crippen LogP contribution in [0.1, 0.15) is 27.7 Å². The summed E-state index contributed by atoms with van der Waals surface area (Å²) in [6.07, 6.45) is 0. The molecule has 0 saturated heterocycles. The molecule has 0 spiro atoms. The van der Waals surface area contributed by atoms with Crippen molar-refractivity contribution in [1.29, 1.82) is 0 Å². The van der Waals surface area contributed by atoms with Gasteiger partial charge in [0.15, 0.2) is 0 Å². The Morgan fingerprint density at radius 3 is 1.84 bits per heavy atom. The zero-order chi connectivity index (χ0) is 15.1. The maximum Gasteiger partial charge on any atom is 0.241 e. The molecule has 2 N–H and O–H groups in total. The lowest BCUT2D eigenvalue weighted by atomic mass is 9.87. The van der Waals surface area contributed by atoms with Gasteiger partial charge in [-0.25, -0.2) is 13.1 Å². The minimum absolute atomic E-state index is 0.0395. The van der Waals surface area contributed by atoms with Crippen LogP contribution in [0.5, 0.6) is 0 Å². The van der Waals surface area contributed by atoms with Crippen LogP contribution in [0, 0.1) is 0 Å². The fourth-order valence-corrected chi connectivity index (χ4v) is 3.46. The largest absolute Gasteiger partial charge is 0.389 e. The van der Waals surface area contributed by atoms with E-state index in [4.69, 9.17) is 23.2 Å². The second kappa shape index (κ2) is 5.22. The second-order valence-corrected chi connectivity index (χ2v) is 7.95. The van der Waals surface area contributed by atoms with Gasteiger partial charge in [-0.2, -0.15) is 0 Å². The van der Waals surface area contributed by atoms with Crippen molar-refractivity contribution >= 4 is 33.2 Å². The summed E-state index contributed by atoms with van der Waals surface area (Å²) in [6.45, 7) is 6.24. The number of sulfonamides is 1. The third-order valence-corrected chi connectivity index (χ3v) is 5.14. The second-order valence-electron chi connectivity index (χ2n) is 5.39. The van der Waals surface area contributed by atoms with Crippen LogP contribution in [-0.2, 0) is 10.0 Å². The van der Waals surface area contributed by atoms with Crippen molar-refractivity contribution in [3.05, 3.63) is 28.2 Å². The summed E-state index contributed by atoms with van der Waals surface area (Å²) < 4.78 is 27.0. The van der Waals surface area contributed by atoms with Gasteiger partial charge in [-0.15, -0.1) is 0 Å². The van der Waals surface area contributed by atoms with E-state index < -0.39 is 21.2 Å². The van der Waals surface area contributed by atoms with Crippen LogP contribution >= 0.6 is 23.2 Å². The van der Waals surface area contributed by atoms with Gasteiger partial charge in [-0.3, -0.25) is 0 Å². The minimum atomic E-state index is -3.83. The molecule has 0 bridgehead atoms. The van der Waals surface area contributed by atoms with Crippen molar-refractivity contribution in [3.63, 3.8) is 0 Å². The molecule has 0 fully saturated rings. The molecule has 1 aromatic carbocycles. The lowest BCUT2D eigenvalue weighted by Crippen LogP contribution is -2.57. The molecular formula is C12H17Cl2NO3S. The van der Waals surface area contributed by atoms with Crippen LogP contribution in [0.2, 0.25) is 10.0 Å². The Labute approximate surface area is 123 Å². The molecule has 1 rings (SSSR count). The Kier molecular flexibility index (Phi) is 4.59. The van der Waals surface area contributed by atoms with Crippen LogP contribution < -0.4 is 4.72 Å². The minimum Gasteiger partial charge on any atom is -0.389 e. The SMILES string of the molecule is CC(C)(O)C(C)(C)NS(=O)(=O)c1cc(Cl)cc(Cl)c1. The average Bonchev–Trinajstić information content (AvgIpc) is 2.12. The molecule has 19 heavy (non-hydrogen) atoms. The zero-order valence-corrected chi connectivity index (χ0v) is 13.5. The first-order valence-corrected chi connectivity index (χ1v) is 7.81. The third kappa shape index (κ3) is 4.07. The summed E-state index contributed by atoms with van der Waals surface area (Å²) in [5.41, 5.74) is -2.29. The van der Waals surface area contributed by atoms with Gasteiger partial charge in [0.2, 0.25) is 10.0 Å². The molecule has 0 radical (unpaired) electrons. The van der Waals surface area contributed by atoms with E-state index in [0.29, 0.717) is 0 Å². The van der Waals surface area contributed by atoms with E-state index in [1.54, 1.807) is 13.8 Å². The highest BCUT2D eigenvalue weighted by Crippen LogP contribution is 2.26. The van der Waals surface area contributed by atoms with E-state index in [9.17, 15) is 13.5 Å². The highest BCUT2D eigenvalue weighted by Gasteiger charge is 2.38. The number of rotatable bonds is 4. The summed E-state index contributed by atoms with van der Waals surface area (Å²) in [4.78, 5) is -0.0395. The standard InChI is InChI=1S/C12H17Cl2NO3S/c1-11(2,12(3,4)16)15-19(17,18)10-6-8(13)5-9(14)7-10/h5-7,15-16H,1-4H3. The molecule has 1 aromatic rings. The van der Waals surface area contributed by atoms with E-state index in [0.717, 1.165) is 0 Å². The molecule has 0 aliphatic heterocycles. The first-order chi connectivity index (χ1) is 8.35. The van der Waals surface area contributed by atoms with E-state index in [1.807, 2.05) is 0 Å². The van der Waals surface area contributed by atoms with E-state index in [1.165, 1.54) is 32.0 Å². The predicted octanol–water partition coefficient (Wildman–Crippen LogP) is 2.82. The van der Waals surface area contributed by atoms with Crippen molar-refractivity contribution in [2.45, 2.75) is 43.7 Å². The fourth-order valence-electron chi connectivity index (χ4n) is 1.20. The predicted molar refractivity (Wildman–Crippen MR) is 77.2 cm³/mol. The van der Waals surface area contributed by atoms with Gasteiger partial charge < -0.3 is 5.11 Å². The van der Waals surface area contributed by atoms with Gasteiger partial charge in [0.05, 0.1) is 16.0 Å². The monoisotopic (exact) mass is 325 g/mol. The van der Waals surface area contributed by atoms with E-state index in [2.05, 4.69) is 4.72 Å². The molecule has 0 unspecified atom stereocenters. The van der Waals surface area contributed by atoms with Crippen molar-refractivity contribution in [3.8, 4) is 0 Å². The molecule has 0 atom stereocenters. The lowest BCUT2D eigenvalue weighted by Gasteiger charge is -2.37. The average molecular weight is 326 g/mol. The van der Waals surface area contributed by atoms with Gasteiger partial charge in [0.25, 0.3) is 0 Å². The molecule has 0 heterocycles. The number of hydrogen-bond donors (Lipinski definition) is 2. The number of benzene rings is 1. The van der Waals surface area contributed by atoms with Crippen LogP contribution in [-0.4, -0.2) is 24.7 Å². The molecule has 0 aromatic heterocycles. The summed E-state index contributed by atoms with van der Waals surface area (Å²) >= 11 is 11.6. The van der Waals surface area contributed by atoms with Crippen molar-refractivity contribution in [2.75, 3.05) is 0 Å². The van der Waals surface area contributed by atoms with Gasteiger partial charge >= 0.3 is 0 Å². The molecule has 0 amide bonds. The van der Waals surface area contributed by atoms with Crippen LogP contribution in [0.25, 0.3) is 0 Å². The first-order valence-electron chi connectivity index (χ1n) is 5.58. The Hall–Kier alpha value is -0.330. The van der Waals surface area contributed by atoms with E-state index >= 15 is 0 Å². The normalized spacial score (nSPS) is 13.6. The highest BCUT2D eigenvalue weighted by molar-refractivity contribution is 7.89. The van der Waals surface area contributed by atoms with Crippen LogP contribution in [0.3, 0.4) is 0 Å². The molecule has 0 aliphatic carbocycles. The highest BCUT2D eigenvalue weighted by atomic mass is 35.5. The number of halogens is 2. The maximum atomic E-state index is 12.3. The summed E-state index contributed by atoms with van der Waals surface area (Å²) in [5.74, 6) is 0. The molecule has 108 valence electrons. The Balaban J connectivity index is 3.19.